The zero-order valence-electron chi connectivity index (χ0n) is 9.47. The molecule has 0 unspecified atom stereocenters. The molecule has 0 saturated carbocycles. The van der Waals surface area contributed by atoms with E-state index in [1.165, 1.54) is 0 Å². The summed E-state index contributed by atoms with van der Waals surface area (Å²) in [6.45, 7) is 2.71. The van der Waals surface area contributed by atoms with E-state index >= 15 is 0 Å². The average Bonchev–Trinajstić information content (AvgIpc) is 2.62. The van der Waals surface area contributed by atoms with E-state index in [4.69, 9.17) is 17.0 Å². The number of H-pyrrole nitrogens is 1. The predicted octanol–water partition coefficient (Wildman–Crippen LogP) is 2.05. The lowest BCUT2D eigenvalue weighted by molar-refractivity contribution is -0.143. The lowest BCUT2D eigenvalue weighted by Crippen LogP contribution is -2.09. The van der Waals surface area contributed by atoms with Crippen molar-refractivity contribution in [1.82, 2.24) is 14.5 Å². The molecule has 0 bridgehead atoms. The van der Waals surface area contributed by atoms with Gasteiger partial charge in [-0.2, -0.15) is 0 Å². The number of rotatable bonds is 4. The molecule has 0 aliphatic rings. The first-order valence-corrected chi connectivity index (χ1v) is 5.81. The Hall–Kier alpha value is -1.69. The van der Waals surface area contributed by atoms with E-state index in [1.807, 2.05) is 10.6 Å². The number of aryl methyl sites for hydroxylation is 1. The number of fused-ring (bicyclic) bond motifs is 1. The fourth-order valence-electron chi connectivity index (χ4n) is 1.67. The van der Waals surface area contributed by atoms with Gasteiger partial charge in [-0.25, -0.2) is 0 Å². The van der Waals surface area contributed by atoms with Crippen LogP contribution in [-0.2, 0) is 16.1 Å². The molecule has 1 N–H and O–H groups in total. The minimum atomic E-state index is -0.210. The molecular formula is C11H13N3O2S. The molecule has 0 fully saturated rings. The monoisotopic (exact) mass is 251 g/mol. The highest BCUT2D eigenvalue weighted by Gasteiger charge is 2.07. The van der Waals surface area contributed by atoms with Crippen LogP contribution in [0.15, 0.2) is 18.5 Å². The summed E-state index contributed by atoms with van der Waals surface area (Å²) in [5.41, 5.74) is 1.83. The zero-order valence-corrected chi connectivity index (χ0v) is 10.3. The average molecular weight is 251 g/mol. The normalized spacial score (nSPS) is 10.6. The molecular weight excluding hydrogens is 238 g/mol. The molecule has 0 aromatic carbocycles. The van der Waals surface area contributed by atoms with Crippen LogP contribution in [0.1, 0.15) is 13.3 Å². The molecule has 0 aliphatic carbocycles. The molecule has 6 heteroatoms. The van der Waals surface area contributed by atoms with Crippen molar-refractivity contribution in [2.24, 2.45) is 0 Å². The summed E-state index contributed by atoms with van der Waals surface area (Å²) in [4.78, 5) is 18.3. The Morgan fingerprint density at radius 2 is 2.47 bits per heavy atom. The third kappa shape index (κ3) is 2.52. The van der Waals surface area contributed by atoms with E-state index in [9.17, 15) is 4.79 Å². The van der Waals surface area contributed by atoms with Gasteiger partial charge in [-0.15, -0.1) is 0 Å². The van der Waals surface area contributed by atoms with E-state index in [0.29, 0.717) is 24.3 Å². The summed E-state index contributed by atoms with van der Waals surface area (Å²) in [6, 6.07) is 1.87. The Bertz CT molecular complexity index is 588. The number of ether oxygens (including phenoxy) is 1. The Kier molecular flexibility index (Phi) is 3.53. The van der Waals surface area contributed by atoms with Crippen LogP contribution in [0.3, 0.4) is 0 Å². The van der Waals surface area contributed by atoms with Crippen molar-refractivity contribution in [2.75, 3.05) is 6.61 Å². The minimum absolute atomic E-state index is 0.210. The quantitative estimate of drug-likeness (QED) is 0.667. The van der Waals surface area contributed by atoms with Gasteiger partial charge in [0.2, 0.25) is 0 Å². The first-order valence-electron chi connectivity index (χ1n) is 5.40. The Balaban J connectivity index is 2.21. The Labute approximate surface area is 103 Å². The van der Waals surface area contributed by atoms with Crippen LogP contribution in [0.2, 0.25) is 0 Å². The van der Waals surface area contributed by atoms with Gasteiger partial charge < -0.3 is 14.3 Å². The van der Waals surface area contributed by atoms with Crippen LogP contribution in [0.25, 0.3) is 11.0 Å². The molecule has 0 saturated heterocycles. The number of esters is 1. The number of hydrogen-bond acceptors (Lipinski definition) is 4. The molecule has 0 amide bonds. The molecule has 2 rings (SSSR count). The third-order valence-electron chi connectivity index (χ3n) is 2.42. The van der Waals surface area contributed by atoms with Crippen molar-refractivity contribution in [2.45, 2.75) is 19.9 Å². The van der Waals surface area contributed by atoms with Gasteiger partial charge in [0.1, 0.15) is 0 Å². The molecule has 0 spiro atoms. The van der Waals surface area contributed by atoms with Gasteiger partial charge in [-0.05, 0) is 25.2 Å². The van der Waals surface area contributed by atoms with E-state index < -0.39 is 0 Å². The minimum Gasteiger partial charge on any atom is -0.466 e. The molecule has 2 aromatic heterocycles. The lowest BCUT2D eigenvalue weighted by atomic mass is 10.4. The van der Waals surface area contributed by atoms with Crippen LogP contribution < -0.4 is 0 Å². The summed E-state index contributed by atoms with van der Waals surface area (Å²) in [6.07, 6.45) is 3.73. The van der Waals surface area contributed by atoms with Crippen LogP contribution in [-0.4, -0.2) is 27.1 Å². The van der Waals surface area contributed by atoms with Crippen LogP contribution in [0.4, 0.5) is 0 Å². The topological polar surface area (TPSA) is 59.9 Å². The van der Waals surface area contributed by atoms with Crippen LogP contribution >= 0.6 is 12.2 Å². The number of carbonyl (C=O) groups excluding carboxylic acids is 1. The molecule has 0 aliphatic heterocycles. The van der Waals surface area contributed by atoms with Gasteiger partial charge in [-0.3, -0.25) is 9.78 Å². The van der Waals surface area contributed by atoms with Crippen molar-refractivity contribution in [3.8, 4) is 0 Å². The maximum absolute atomic E-state index is 11.3. The van der Waals surface area contributed by atoms with Gasteiger partial charge in [0.15, 0.2) is 4.77 Å². The second-order valence-corrected chi connectivity index (χ2v) is 3.92. The van der Waals surface area contributed by atoms with Crippen molar-refractivity contribution >= 4 is 29.2 Å². The highest BCUT2D eigenvalue weighted by atomic mass is 32.1. The Morgan fingerprint density at radius 1 is 1.65 bits per heavy atom. The van der Waals surface area contributed by atoms with Crippen molar-refractivity contribution in [3.63, 3.8) is 0 Å². The smallest absolute Gasteiger partial charge is 0.307 e. The van der Waals surface area contributed by atoms with Gasteiger partial charge in [0, 0.05) is 12.7 Å². The SMILES string of the molecule is CCOC(=O)CCn1c(=S)[nH]c2cnccc21. The fraction of sp³-hybridized carbons (Fsp3) is 0.364. The van der Waals surface area contributed by atoms with Crippen molar-refractivity contribution < 1.29 is 9.53 Å². The lowest BCUT2D eigenvalue weighted by Gasteiger charge is -2.04. The van der Waals surface area contributed by atoms with Crippen molar-refractivity contribution in [1.29, 1.82) is 0 Å². The van der Waals surface area contributed by atoms with E-state index in [2.05, 4.69) is 9.97 Å². The number of nitrogens with zero attached hydrogens (tertiary/aromatic N) is 2. The van der Waals surface area contributed by atoms with Crippen LogP contribution in [0.5, 0.6) is 0 Å². The zero-order chi connectivity index (χ0) is 12.3. The number of nitrogens with one attached hydrogen (secondary N) is 1. The highest BCUT2D eigenvalue weighted by Crippen LogP contribution is 2.12. The van der Waals surface area contributed by atoms with Gasteiger partial charge >= 0.3 is 5.97 Å². The van der Waals surface area contributed by atoms with Gasteiger partial charge in [-0.1, -0.05) is 0 Å². The van der Waals surface area contributed by atoms with E-state index in [-0.39, 0.29) is 5.97 Å². The number of imidazole rings is 1. The maximum atomic E-state index is 11.3. The number of aromatic nitrogens is 3. The van der Waals surface area contributed by atoms with E-state index in [0.717, 1.165) is 11.0 Å². The van der Waals surface area contributed by atoms with Gasteiger partial charge in [0.25, 0.3) is 0 Å². The molecule has 5 nitrogen and oxygen atoms in total. The summed E-state index contributed by atoms with van der Waals surface area (Å²) < 4.78 is 7.36. The fourth-order valence-corrected chi connectivity index (χ4v) is 1.97. The third-order valence-corrected chi connectivity index (χ3v) is 2.74. The van der Waals surface area contributed by atoms with E-state index in [1.54, 1.807) is 19.3 Å². The largest absolute Gasteiger partial charge is 0.466 e. The first-order chi connectivity index (χ1) is 8.22. The molecule has 17 heavy (non-hydrogen) atoms. The van der Waals surface area contributed by atoms with Gasteiger partial charge in [0.05, 0.1) is 30.3 Å². The molecule has 90 valence electrons. The molecule has 0 atom stereocenters. The van der Waals surface area contributed by atoms with Crippen molar-refractivity contribution in [3.05, 3.63) is 23.2 Å². The molecule has 2 aromatic rings. The number of pyridine rings is 1. The molecule has 0 radical (unpaired) electrons. The number of carbonyl (C=O) groups is 1. The number of hydrogen-bond donors (Lipinski definition) is 1. The first kappa shape index (κ1) is 11.8. The second-order valence-electron chi connectivity index (χ2n) is 3.53. The van der Waals surface area contributed by atoms with Crippen LogP contribution in [0, 0.1) is 4.77 Å². The molecule has 2 heterocycles. The standard InChI is InChI=1S/C11H13N3O2S/c1-2-16-10(15)4-6-14-9-3-5-12-7-8(9)13-11(14)17/h3,5,7H,2,4,6H2,1H3,(H,13,17). The number of aromatic amines is 1. The maximum Gasteiger partial charge on any atom is 0.307 e. The summed E-state index contributed by atoms with van der Waals surface area (Å²) >= 11 is 5.20. The second kappa shape index (κ2) is 5.09. The summed E-state index contributed by atoms with van der Waals surface area (Å²) in [7, 11) is 0. The predicted molar refractivity (Wildman–Crippen MR) is 66.2 cm³/mol. The Morgan fingerprint density at radius 3 is 3.24 bits per heavy atom. The summed E-state index contributed by atoms with van der Waals surface area (Å²) in [5, 5.41) is 0. The summed E-state index contributed by atoms with van der Waals surface area (Å²) in [5.74, 6) is -0.210. The highest BCUT2D eigenvalue weighted by molar-refractivity contribution is 7.71.